The van der Waals surface area contributed by atoms with Crippen LogP contribution in [0.5, 0.6) is 0 Å². The fraction of sp³-hybridized carbons (Fsp3) is 0.684. The van der Waals surface area contributed by atoms with Gasteiger partial charge in [0.1, 0.15) is 25.0 Å². The van der Waals surface area contributed by atoms with Gasteiger partial charge in [-0.05, 0) is 12.8 Å². The van der Waals surface area contributed by atoms with Crippen molar-refractivity contribution in [3.8, 4) is 0 Å². The van der Waals surface area contributed by atoms with Gasteiger partial charge in [-0.15, -0.1) is 0 Å². The van der Waals surface area contributed by atoms with E-state index >= 15 is 0 Å². The van der Waals surface area contributed by atoms with Crippen LogP contribution in [-0.4, -0.2) is 40.3 Å². The third-order valence-electron chi connectivity index (χ3n) is 5.21. The number of rotatable bonds is 6. The van der Waals surface area contributed by atoms with Crippen molar-refractivity contribution in [1.82, 2.24) is 9.55 Å². The highest BCUT2D eigenvalue weighted by Crippen LogP contribution is 2.63. The van der Waals surface area contributed by atoms with Gasteiger partial charge in [-0.3, -0.25) is 23.9 Å². The number of ether oxygens (including phenoxy) is 3. The zero-order valence-electron chi connectivity index (χ0n) is 16.5. The Morgan fingerprint density at radius 1 is 1.21 bits per heavy atom. The number of nitrogens with one attached hydrogen (secondary N) is 1. The number of carbonyl (C=O) groups excluding carboxylic acids is 2. The third kappa shape index (κ3) is 3.76. The molecule has 9 nitrogen and oxygen atoms in total. The number of carbonyl (C=O) groups is 2. The number of hydrogen-bond donors (Lipinski definition) is 1. The molecular weight excluding hydrogens is 368 g/mol. The lowest BCUT2D eigenvalue weighted by molar-refractivity contribution is -0.163. The normalized spacial score (nSPS) is 25.3. The molecule has 0 amide bonds. The molecule has 1 saturated carbocycles. The van der Waals surface area contributed by atoms with Crippen LogP contribution in [0.25, 0.3) is 0 Å². The van der Waals surface area contributed by atoms with E-state index in [0.29, 0.717) is 12.8 Å². The van der Waals surface area contributed by atoms with Crippen LogP contribution >= 0.6 is 0 Å². The number of H-pyrrole nitrogens is 1. The molecule has 2 fully saturated rings. The van der Waals surface area contributed by atoms with Crippen LogP contribution in [0.4, 0.5) is 0 Å². The molecule has 1 aliphatic heterocycles. The van der Waals surface area contributed by atoms with Gasteiger partial charge >= 0.3 is 17.6 Å². The van der Waals surface area contributed by atoms with E-state index in [2.05, 4.69) is 4.98 Å². The fourth-order valence-corrected chi connectivity index (χ4v) is 3.43. The number of aromatic nitrogens is 2. The van der Waals surface area contributed by atoms with Crippen LogP contribution in [0.15, 0.2) is 21.9 Å². The summed E-state index contributed by atoms with van der Waals surface area (Å²) in [6.45, 7) is 6.83. The van der Waals surface area contributed by atoms with E-state index in [-0.39, 0.29) is 30.4 Å². The summed E-state index contributed by atoms with van der Waals surface area (Å²) in [5.41, 5.74) is -1.69. The minimum atomic E-state index is -0.718. The van der Waals surface area contributed by atoms with E-state index in [0.717, 1.165) is 0 Å². The summed E-state index contributed by atoms with van der Waals surface area (Å²) < 4.78 is 18.4. The SMILES string of the molecule is CC(C)C(=O)OC[C@H]1O[C@@H](n2ccc(=O)[nH]c2=O)C2(CC2)[C@@H]1OC(=O)C(C)C. The van der Waals surface area contributed by atoms with Crippen molar-refractivity contribution in [2.24, 2.45) is 17.3 Å². The van der Waals surface area contributed by atoms with Gasteiger partial charge in [0.2, 0.25) is 0 Å². The Morgan fingerprint density at radius 2 is 1.86 bits per heavy atom. The van der Waals surface area contributed by atoms with Crippen LogP contribution < -0.4 is 11.2 Å². The maximum Gasteiger partial charge on any atom is 0.330 e. The largest absolute Gasteiger partial charge is 0.463 e. The van der Waals surface area contributed by atoms with Gasteiger partial charge in [0.15, 0.2) is 0 Å². The molecule has 1 spiro atoms. The Bertz CT molecular complexity index is 866. The zero-order valence-corrected chi connectivity index (χ0v) is 16.5. The highest BCUT2D eigenvalue weighted by molar-refractivity contribution is 5.72. The molecule has 1 aromatic heterocycles. The fourth-order valence-electron chi connectivity index (χ4n) is 3.43. The van der Waals surface area contributed by atoms with Crippen molar-refractivity contribution in [3.63, 3.8) is 0 Å². The Balaban J connectivity index is 1.89. The molecule has 3 rings (SSSR count). The topological polar surface area (TPSA) is 117 Å². The molecule has 0 unspecified atom stereocenters. The van der Waals surface area contributed by atoms with Crippen LogP contribution in [0.2, 0.25) is 0 Å². The first kappa shape index (κ1) is 20.3. The lowest BCUT2D eigenvalue weighted by atomic mass is 9.96. The first-order valence-corrected chi connectivity index (χ1v) is 9.50. The van der Waals surface area contributed by atoms with Gasteiger partial charge in [0, 0.05) is 12.3 Å². The van der Waals surface area contributed by atoms with Gasteiger partial charge < -0.3 is 14.2 Å². The molecule has 1 saturated heterocycles. The zero-order chi connectivity index (χ0) is 20.6. The Kier molecular flexibility index (Phi) is 5.47. The average Bonchev–Trinajstić information content (AvgIpc) is 3.36. The molecule has 3 atom stereocenters. The molecule has 1 aliphatic carbocycles. The summed E-state index contributed by atoms with van der Waals surface area (Å²) in [7, 11) is 0. The molecule has 28 heavy (non-hydrogen) atoms. The number of aromatic amines is 1. The summed E-state index contributed by atoms with van der Waals surface area (Å²) in [5.74, 6) is -1.39. The van der Waals surface area contributed by atoms with Crippen LogP contribution in [0.1, 0.15) is 46.8 Å². The standard InChI is InChI=1S/C19H26N2O7/c1-10(2)15(23)26-9-12-14(28-16(24)11(3)4)19(6-7-19)17(27-12)21-8-5-13(22)20-18(21)25/h5,8,10-12,14,17H,6-7,9H2,1-4H3,(H,20,22,25)/t12-,14-,17-/m1/s1. The number of esters is 2. The minimum absolute atomic E-state index is 0.0800. The molecule has 154 valence electrons. The van der Waals surface area contributed by atoms with E-state index in [1.54, 1.807) is 27.7 Å². The molecule has 9 heteroatoms. The number of nitrogens with zero attached hydrogens (tertiary/aromatic N) is 1. The van der Waals surface area contributed by atoms with E-state index in [9.17, 15) is 19.2 Å². The van der Waals surface area contributed by atoms with Crippen molar-refractivity contribution >= 4 is 11.9 Å². The summed E-state index contributed by atoms with van der Waals surface area (Å²) in [6, 6.07) is 1.24. The summed E-state index contributed by atoms with van der Waals surface area (Å²) >= 11 is 0. The van der Waals surface area contributed by atoms with E-state index < -0.39 is 35.1 Å². The maximum absolute atomic E-state index is 12.3. The molecule has 0 bridgehead atoms. The second-order valence-electron chi connectivity index (χ2n) is 8.07. The second-order valence-corrected chi connectivity index (χ2v) is 8.07. The highest BCUT2D eigenvalue weighted by atomic mass is 16.6. The second kappa shape index (κ2) is 7.54. The predicted octanol–water partition coefficient (Wildman–Crippen LogP) is 0.981. The first-order valence-electron chi connectivity index (χ1n) is 9.50. The van der Waals surface area contributed by atoms with E-state index in [1.165, 1.54) is 16.8 Å². The van der Waals surface area contributed by atoms with Crippen molar-refractivity contribution in [1.29, 1.82) is 0 Å². The Hall–Kier alpha value is -2.42. The Morgan fingerprint density at radius 3 is 2.39 bits per heavy atom. The van der Waals surface area contributed by atoms with Gasteiger partial charge in [0.25, 0.3) is 5.56 Å². The quantitative estimate of drug-likeness (QED) is 0.715. The summed E-state index contributed by atoms with van der Waals surface area (Å²) in [6.07, 6.45) is 0.685. The van der Waals surface area contributed by atoms with Gasteiger partial charge in [-0.1, -0.05) is 27.7 Å². The van der Waals surface area contributed by atoms with Crippen molar-refractivity contribution in [2.45, 2.75) is 59.0 Å². The Labute approximate surface area is 162 Å². The summed E-state index contributed by atoms with van der Waals surface area (Å²) in [5, 5.41) is 0. The monoisotopic (exact) mass is 394 g/mol. The van der Waals surface area contributed by atoms with Crippen LogP contribution in [0, 0.1) is 17.3 Å². The smallest absolute Gasteiger partial charge is 0.330 e. The van der Waals surface area contributed by atoms with Crippen LogP contribution in [0.3, 0.4) is 0 Å². The lowest BCUT2D eigenvalue weighted by Gasteiger charge is -2.25. The highest BCUT2D eigenvalue weighted by Gasteiger charge is 2.66. The van der Waals surface area contributed by atoms with Crippen molar-refractivity contribution in [2.75, 3.05) is 6.61 Å². The molecule has 0 radical (unpaired) electrons. The molecule has 0 aromatic carbocycles. The lowest BCUT2D eigenvalue weighted by Crippen LogP contribution is -2.39. The van der Waals surface area contributed by atoms with Crippen molar-refractivity contribution in [3.05, 3.63) is 33.1 Å². The summed E-state index contributed by atoms with van der Waals surface area (Å²) in [4.78, 5) is 50.0. The third-order valence-corrected chi connectivity index (χ3v) is 5.21. The molecule has 1 aromatic rings. The van der Waals surface area contributed by atoms with E-state index in [4.69, 9.17) is 14.2 Å². The molecule has 2 heterocycles. The molecular formula is C19H26N2O7. The predicted molar refractivity (Wildman–Crippen MR) is 97.4 cm³/mol. The average molecular weight is 394 g/mol. The first-order chi connectivity index (χ1) is 13.2. The minimum Gasteiger partial charge on any atom is -0.463 e. The van der Waals surface area contributed by atoms with E-state index in [1.807, 2.05) is 0 Å². The van der Waals surface area contributed by atoms with Crippen molar-refractivity contribution < 1.29 is 23.8 Å². The van der Waals surface area contributed by atoms with Gasteiger partial charge in [-0.25, -0.2) is 4.79 Å². The molecule has 2 aliphatic rings. The molecule has 1 N–H and O–H groups in total. The maximum atomic E-state index is 12.3. The van der Waals surface area contributed by atoms with Crippen LogP contribution in [-0.2, 0) is 23.8 Å². The van der Waals surface area contributed by atoms with Gasteiger partial charge in [-0.2, -0.15) is 0 Å². The number of hydrogen-bond acceptors (Lipinski definition) is 7. The van der Waals surface area contributed by atoms with Gasteiger partial charge in [0.05, 0.1) is 17.3 Å².